The van der Waals surface area contributed by atoms with E-state index < -0.39 is 0 Å². The molecule has 1 unspecified atom stereocenters. The Kier molecular flexibility index (Phi) is 5.20. The number of nitrogens with one attached hydrogen (secondary N) is 2. The molecule has 0 aromatic rings. The van der Waals surface area contributed by atoms with Crippen molar-refractivity contribution in [1.82, 2.24) is 10.6 Å². The highest BCUT2D eigenvalue weighted by molar-refractivity contribution is 5.78. The molecule has 1 atom stereocenters. The van der Waals surface area contributed by atoms with Crippen molar-refractivity contribution in [2.75, 3.05) is 6.54 Å². The SMILES string of the molecule is C#CC(C)NCC(=O)NC1CCCCC1. The Bertz CT molecular complexity index is 238. The molecule has 1 amide bonds. The maximum Gasteiger partial charge on any atom is 0.234 e. The summed E-state index contributed by atoms with van der Waals surface area (Å²) in [6, 6.07) is 0.344. The fourth-order valence-corrected chi connectivity index (χ4v) is 1.83. The fourth-order valence-electron chi connectivity index (χ4n) is 1.83. The number of terminal acetylenes is 1. The Labute approximate surface area is 92.0 Å². The lowest BCUT2D eigenvalue weighted by molar-refractivity contribution is -0.121. The highest BCUT2D eigenvalue weighted by Gasteiger charge is 2.15. The van der Waals surface area contributed by atoms with Crippen molar-refractivity contribution in [3.8, 4) is 12.3 Å². The molecule has 1 fully saturated rings. The van der Waals surface area contributed by atoms with Crippen molar-refractivity contribution in [1.29, 1.82) is 0 Å². The summed E-state index contributed by atoms with van der Waals surface area (Å²) < 4.78 is 0. The van der Waals surface area contributed by atoms with Crippen LogP contribution in [0.5, 0.6) is 0 Å². The van der Waals surface area contributed by atoms with Gasteiger partial charge in [-0.25, -0.2) is 0 Å². The van der Waals surface area contributed by atoms with Gasteiger partial charge in [-0.15, -0.1) is 6.42 Å². The van der Waals surface area contributed by atoms with Crippen LogP contribution in [0.15, 0.2) is 0 Å². The van der Waals surface area contributed by atoms with E-state index in [9.17, 15) is 4.79 Å². The van der Waals surface area contributed by atoms with Crippen LogP contribution in [-0.2, 0) is 4.79 Å². The molecule has 1 rings (SSSR count). The maximum atomic E-state index is 11.5. The molecular formula is C12H20N2O. The van der Waals surface area contributed by atoms with Crippen LogP contribution in [-0.4, -0.2) is 24.5 Å². The predicted octanol–water partition coefficient (Wildman–Crippen LogP) is 1.05. The molecule has 0 aliphatic heterocycles. The molecule has 0 radical (unpaired) electrons. The number of hydrogen-bond acceptors (Lipinski definition) is 2. The van der Waals surface area contributed by atoms with Gasteiger partial charge in [0.25, 0.3) is 0 Å². The Morgan fingerprint density at radius 2 is 2.13 bits per heavy atom. The predicted molar refractivity (Wildman–Crippen MR) is 61.3 cm³/mol. The summed E-state index contributed by atoms with van der Waals surface area (Å²) in [5.41, 5.74) is 0. The van der Waals surface area contributed by atoms with E-state index in [0.717, 1.165) is 12.8 Å². The smallest absolute Gasteiger partial charge is 0.234 e. The van der Waals surface area contributed by atoms with Crippen molar-refractivity contribution in [3.63, 3.8) is 0 Å². The first-order valence-corrected chi connectivity index (χ1v) is 5.71. The van der Waals surface area contributed by atoms with Gasteiger partial charge in [-0.05, 0) is 19.8 Å². The second kappa shape index (κ2) is 6.47. The highest BCUT2D eigenvalue weighted by atomic mass is 16.1. The highest BCUT2D eigenvalue weighted by Crippen LogP contribution is 2.16. The average Bonchev–Trinajstić information content (AvgIpc) is 2.27. The van der Waals surface area contributed by atoms with Crippen LogP contribution in [0, 0.1) is 12.3 Å². The summed E-state index contributed by atoms with van der Waals surface area (Å²) in [5.74, 6) is 2.59. The van der Waals surface area contributed by atoms with E-state index in [2.05, 4.69) is 16.6 Å². The topological polar surface area (TPSA) is 41.1 Å². The van der Waals surface area contributed by atoms with Gasteiger partial charge in [-0.1, -0.05) is 25.2 Å². The summed E-state index contributed by atoms with van der Waals surface area (Å²) in [4.78, 5) is 11.5. The third kappa shape index (κ3) is 4.85. The van der Waals surface area contributed by atoms with Crippen molar-refractivity contribution in [2.45, 2.75) is 51.1 Å². The number of hydrogen-bond donors (Lipinski definition) is 2. The van der Waals surface area contributed by atoms with Crippen LogP contribution >= 0.6 is 0 Å². The fraction of sp³-hybridized carbons (Fsp3) is 0.750. The normalized spacial score (nSPS) is 19.2. The molecular weight excluding hydrogens is 188 g/mol. The Morgan fingerprint density at radius 1 is 1.47 bits per heavy atom. The second-order valence-corrected chi connectivity index (χ2v) is 4.17. The minimum atomic E-state index is -0.0397. The first-order chi connectivity index (χ1) is 7.22. The van der Waals surface area contributed by atoms with Gasteiger partial charge in [0, 0.05) is 6.04 Å². The molecule has 84 valence electrons. The largest absolute Gasteiger partial charge is 0.352 e. The van der Waals surface area contributed by atoms with Gasteiger partial charge >= 0.3 is 0 Å². The molecule has 1 saturated carbocycles. The van der Waals surface area contributed by atoms with E-state index in [-0.39, 0.29) is 11.9 Å². The van der Waals surface area contributed by atoms with Gasteiger partial charge in [0.1, 0.15) is 0 Å². The zero-order valence-electron chi connectivity index (χ0n) is 9.38. The standard InChI is InChI=1S/C12H20N2O/c1-3-10(2)13-9-12(15)14-11-7-5-4-6-8-11/h1,10-11,13H,4-9H2,2H3,(H,14,15). The van der Waals surface area contributed by atoms with Gasteiger partial charge in [-0.2, -0.15) is 0 Å². The van der Waals surface area contributed by atoms with Crippen LogP contribution in [0.25, 0.3) is 0 Å². The van der Waals surface area contributed by atoms with Gasteiger partial charge in [0.2, 0.25) is 5.91 Å². The Balaban J connectivity index is 2.15. The summed E-state index contributed by atoms with van der Waals surface area (Å²) in [6.45, 7) is 2.19. The summed E-state index contributed by atoms with van der Waals surface area (Å²) in [5, 5.41) is 6.00. The molecule has 0 heterocycles. The van der Waals surface area contributed by atoms with Crippen molar-refractivity contribution < 1.29 is 4.79 Å². The van der Waals surface area contributed by atoms with Gasteiger partial charge in [0.05, 0.1) is 12.6 Å². The minimum Gasteiger partial charge on any atom is -0.352 e. The second-order valence-electron chi connectivity index (χ2n) is 4.17. The number of carbonyl (C=O) groups is 1. The first-order valence-electron chi connectivity index (χ1n) is 5.71. The van der Waals surface area contributed by atoms with E-state index in [1.807, 2.05) is 6.92 Å². The molecule has 15 heavy (non-hydrogen) atoms. The third-order valence-corrected chi connectivity index (χ3v) is 2.79. The Hall–Kier alpha value is -1.01. The molecule has 1 aliphatic carbocycles. The van der Waals surface area contributed by atoms with Crippen LogP contribution in [0.4, 0.5) is 0 Å². The summed E-state index contributed by atoms with van der Waals surface area (Å²) in [6.07, 6.45) is 11.2. The van der Waals surface area contributed by atoms with E-state index in [1.165, 1.54) is 19.3 Å². The zero-order valence-corrected chi connectivity index (χ0v) is 9.38. The lowest BCUT2D eigenvalue weighted by atomic mass is 9.95. The number of amides is 1. The first kappa shape index (κ1) is 12.1. The molecule has 3 heteroatoms. The lowest BCUT2D eigenvalue weighted by Crippen LogP contribution is -2.42. The molecule has 1 aliphatic rings. The number of rotatable bonds is 4. The van der Waals surface area contributed by atoms with Crippen LogP contribution in [0.1, 0.15) is 39.0 Å². The molecule has 0 spiro atoms. The van der Waals surface area contributed by atoms with Crippen LogP contribution in [0.2, 0.25) is 0 Å². The van der Waals surface area contributed by atoms with Crippen molar-refractivity contribution in [2.24, 2.45) is 0 Å². The van der Waals surface area contributed by atoms with E-state index >= 15 is 0 Å². The van der Waals surface area contributed by atoms with Crippen molar-refractivity contribution in [3.05, 3.63) is 0 Å². The van der Waals surface area contributed by atoms with E-state index in [4.69, 9.17) is 6.42 Å². The molecule has 0 bridgehead atoms. The van der Waals surface area contributed by atoms with E-state index in [1.54, 1.807) is 0 Å². The molecule has 3 nitrogen and oxygen atoms in total. The lowest BCUT2D eigenvalue weighted by Gasteiger charge is -2.23. The van der Waals surface area contributed by atoms with E-state index in [0.29, 0.717) is 12.6 Å². The third-order valence-electron chi connectivity index (χ3n) is 2.79. The molecule has 0 aromatic heterocycles. The zero-order chi connectivity index (χ0) is 11.1. The Morgan fingerprint density at radius 3 is 2.73 bits per heavy atom. The molecule has 0 aromatic carbocycles. The molecule has 2 N–H and O–H groups in total. The summed E-state index contributed by atoms with van der Waals surface area (Å²) >= 11 is 0. The van der Waals surface area contributed by atoms with Gasteiger partial charge < -0.3 is 5.32 Å². The van der Waals surface area contributed by atoms with Gasteiger partial charge in [-0.3, -0.25) is 10.1 Å². The summed E-state index contributed by atoms with van der Waals surface area (Å²) in [7, 11) is 0. The maximum absolute atomic E-state index is 11.5. The quantitative estimate of drug-likeness (QED) is 0.678. The van der Waals surface area contributed by atoms with Crippen LogP contribution < -0.4 is 10.6 Å². The monoisotopic (exact) mass is 208 g/mol. The van der Waals surface area contributed by atoms with Gasteiger partial charge in [0.15, 0.2) is 0 Å². The number of carbonyl (C=O) groups excluding carboxylic acids is 1. The molecule has 0 saturated heterocycles. The van der Waals surface area contributed by atoms with Crippen molar-refractivity contribution >= 4 is 5.91 Å². The average molecular weight is 208 g/mol. The van der Waals surface area contributed by atoms with Crippen LogP contribution in [0.3, 0.4) is 0 Å². The minimum absolute atomic E-state index is 0.0397.